The molecule has 21 heavy (non-hydrogen) atoms. The van der Waals surface area contributed by atoms with Crippen molar-refractivity contribution >= 4 is 9.84 Å². The molecule has 0 radical (unpaired) electrons. The molecule has 0 amide bonds. The molecule has 3 rings (SSSR count). The van der Waals surface area contributed by atoms with E-state index in [1.54, 1.807) is 0 Å². The molecule has 122 valence electrons. The minimum atomic E-state index is -2.75. The van der Waals surface area contributed by atoms with Crippen molar-refractivity contribution in [3.05, 3.63) is 0 Å². The smallest absolute Gasteiger partial charge is 0.150 e. The van der Waals surface area contributed by atoms with Crippen LogP contribution in [-0.2, 0) is 9.84 Å². The van der Waals surface area contributed by atoms with E-state index in [1.165, 1.54) is 32.1 Å². The highest BCUT2D eigenvalue weighted by Crippen LogP contribution is 2.33. The SMILES string of the molecule is CCC1CNC2(CCCCC2)CN1CC1CCS(=O)(=O)C1. The fourth-order valence-corrected chi connectivity index (χ4v) is 6.41. The number of hydrogen-bond acceptors (Lipinski definition) is 4. The summed E-state index contributed by atoms with van der Waals surface area (Å²) in [5, 5.41) is 3.85. The summed E-state index contributed by atoms with van der Waals surface area (Å²) >= 11 is 0. The van der Waals surface area contributed by atoms with Gasteiger partial charge < -0.3 is 5.32 Å². The van der Waals surface area contributed by atoms with Gasteiger partial charge >= 0.3 is 0 Å². The molecule has 2 saturated heterocycles. The Hall–Kier alpha value is -0.130. The number of hydrogen-bond donors (Lipinski definition) is 1. The van der Waals surface area contributed by atoms with Gasteiger partial charge in [0.05, 0.1) is 11.5 Å². The van der Waals surface area contributed by atoms with Crippen LogP contribution in [0.5, 0.6) is 0 Å². The highest BCUT2D eigenvalue weighted by atomic mass is 32.2. The lowest BCUT2D eigenvalue weighted by atomic mass is 9.79. The van der Waals surface area contributed by atoms with E-state index in [1.807, 2.05) is 0 Å². The maximum absolute atomic E-state index is 11.7. The first kappa shape index (κ1) is 15.8. The Kier molecular flexibility index (Phi) is 4.63. The highest BCUT2D eigenvalue weighted by Gasteiger charge is 2.40. The maximum atomic E-state index is 11.7. The lowest BCUT2D eigenvalue weighted by molar-refractivity contribution is 0.0450. The monoisotopic (exact) mass is 314 g/mol. The Morgan fingerprint density at radius 3 is 2.62 bits per heavy atom. The van der Waals surface area contributed by atoms with Gasteiger partial charge in [0.1, 0.15) is 0 Å². The summed E-state index contributed by atoms with van der Waals surface area (Å²) in [7, 11) is -2.75. The third kappa shape index (κ3) is 3.62. The van der Waals surface area contributed by atoms with Crippen molar-refractivity contribution in [1.29, 1.82) is 0 Å². The van der Waals surface area contributed by atoms with Gasteiger partial charge in [0.25, 0.3) is 0 Å². The van der Waals surface area contributed by atoms with Gasteiger partial charge in [-0.2, -0.15) is 0 Å². The zero-order valence-corrected chi connectivity index (χ0v) is 14.1. The Bertz CT molecular complexity index is 457. The van der Waals surface area contributed by atoms with E-state index in [-0.39, 0.29) is 0 Å². The molecule has 4 nitrogen and oxygen atoms in total. The zero-order valence-electron chi connectivity index (χ0n) is 13.3. The lowest BCUT2D eigenvalue weighted by Crippen LogP contribution is -2.65. The summed E-state index contributed by atoms with van der Waals surface area (Å²) in [5.74, 6) is 1.19. The number of piperazine rings is 1. The number of nitrogens with zero attached hydrogens (tertiary/aromatic N) is 1. The van der Waals surface area contributed by atoms with Crippen molar-refractivity contribution < 1.29 is 8.42 Å². The van der Waals surface area contributed by atoms with Gasteiger partial charge in [-0.05, 0) is 31.6 Å². The van der Waals surface area contributed by atoms with Crippen molar-refractivity contribution in [3.63, 3.8) is 0 Å². The van der Waals surface area contributed by atoms with Crippen molar-refractivity contribution in [3.8, 4) is 0 Å². The largest absolute Gasteiger partial charge is 0.308 e. The van der Waals surface area contributed by atoms with Gasteiger partial charge in [0, 0.05) is 31.2 Å². The zero-order chi connectivity index (χ0) is 14.9. The Morgan fingerprint density at radius 1 is 1.24 bits per heavy atom. The van der Waals surface area contributed by atoms with Gasteiger partial charge in [-0.15, -0.1) is 0 Å². The van der Waals surface area contributed by atoms with E-state index < -0.39 is 9.84 Å². The summed E-state index contributed by atoms with van der Waals surface area (Å²) < 4.78 is 23.4. The first-order valence-corrected chi connectivity index (χ1v) is 10.5. The molecule has 0 bridgehead atoms. The molecule has 0 aromatic carbocycles. The molecular formula is C16H30N2O2S. The van der Waals surface area contributed by atoms with Crippen LogP contribution >= 0.6 is 0 Å². The molecule has 5 heteroatoms. The van der Waals surface area contributed by atoms with E-state index >= 15 is 0 Å². The van der Waals surface area contributed by atoms with Crippen molar-refractivity contribution in [1.82, 2.24) is 10.2 Å². The van der Waals surface area contributed by atoms with Crippen LogP contribution in [0.25, 0.3) is 0 Å². The predicted octanol–water partition coefficient (Wildman–Crippen LogP) is 1.81. The molecule has 2 heterocycles. The molecule has 1 aliphatic carbocycles. The van der Waals surface area contributed by atoms with Crippen LogP contribution in [0.3, 0.4) is 0 Å². The average Bonchev–Trinajstić information content (AvgIpc) is 2.79. The molecule has 1 saturated carbocycles. The number of sulfone groups is 1. The van der Waals surface area contributed by atoms with E-state index in [0.29, 0.717) is 29.0 Å². The van der Waals surface area contributed by atoms with E-state index in [2.05, 4.69) is 17.1 Å². The molecule has 3 fully saturated rings. The molecular weight excluding hydrogens is 284 g/mol. The molecule has 0 aromatic heterocycles. The van der Waals surface area contributed by atoms with Crippen molar-refractivity contribution in [2.45, 2.75) is 63.5 Å². The second-order valence-corrected chi connectivity index (χ2v) is 9.71. The molecule has 2 atom stereocenters. The van der Waals surface area contributed by atoms with E-state index in [9.17, 15) is 8.42 Å². The van der Waals surface area contributed by atoms with Gasteiger partial charge in [0.2, 0.25) is 0 Å². The summed E-state index contributed by atoms with van der Waals surface area (Å²) in [6, 6.07) is 0.584. The van der Waals surface area contributed by atoms with Crippen LogP contribution < -0.4 is 5.32 Å². The summed E-state index contributed by atoms with van der Waals surface area (Å²) in [5.41, 5.74) is 0.321. The fraction of sp³-hybridized carbons (Fsp3) is 1.00. The van der Waals surface area contributed by atoms with Gasteiger partial charge in [-0.1, -0.05) is 26.2 Å². The fourth-order valence-electron chi connectivity index (χ4n) is 4.56. The topological polar surface area (TPSA) is 49.4 Å². The van der Waals surface area contributed by atoms with Gasteiger partial charge in [-0.3, -0.25) is 4.90 Å². The first-order chi connectivity index (χ1) is 10.0. The molecule has 3 aliphatic rings. The number of rotatable bonds is 3. The van der Waals surface area contributed by atoms with Crippen LogP contribution in [0.15, 0.2) is 0 Å². The minimum Gasteiger partial charge on any atom is -0.308 e. The van der Waals surface area contributed by atoms with E-state index in [4.69, 9.17) is 0 Å². The third-order valence-corrected chi connectivity index (χ3v) is 7.67. The molecule has 1 N–H and O–H groups in total. The molecule has 0 aromatic rings. The third-order valence-electron chi connectivity index (χ3n) is 5.84. The van der Waals surface area contributed by atoms with Crippen molar-refractivity contribution in [2.24, 2.45) is 5.92 Å². The van der Waals surface area contributed by atoms with Crippen molar-refractivity contribution in [2.75, 3.05) is 31.1 Å². The van der Waals surface area contributed by atoms with Crippen LogP contribution in [0.4, 0.5) is 0 Å². The Labute approximate surface area is 129 Å². The van der Waals surface area contributed by atoms with Crippen LogP contribution in [0, 0.1) is 5.92 Å². The van der Waals surface area contributed by atoms with Gasteiger partial charge in [-0.25, -0.2) is 8.42 Å². The minimum absolute atomic E-state index is 0.321. The summed E-state index contributed by atoms with van der Waals surface area (Å²) in [4.78, 5) is 2.62. The standard InChI is InChI=1S/C16H30N2O2S/c1-2-15-10-17-16(7-4-3-5-8-16)13-18(15)11-14-6-9-21(19,20)12-14/h14-15,17H,2-13H2,1H3. The second-order valence-electron chi connectivity index (χ2n) is 7.48. The second kappa shape index (κ2) is 6.17. The quantitative estimate of drug-likeness (QED) is 0.863. The number of nitrogens with one attached hydrogen (secondary N) is 1. The summed E-state index contributed by atoms with van der Waals surface area (Å²) in [6.45, 7) is 5.45. The van der Waals surface area contributed by atoms with Gasteiger partial charge in [0.15, 0.2) is 9.84 Å². The molecule has 1 spiro atoms. The molecule has 2 aliphatic heterocycles. The van der Waals surface area contributed by atoms with Crippen LogP contribution in [0.2, 0.25) is 0 Å². The summed E-state index contributed by atoms with van der Waals surface area (Å²) in [6.07, 6.45) is 8.68. The van der Waals surface area contributed by atoms with Crippen LogP contribution in [0.1, 0.15) is 51.9 Å². The normalized spacial score (nSPS) is 36.0. The van der Waals surface area contributed by atoms with Crippen LogP contribution in [-0.4, -0.2) is 56.0 Å². The molecule has 2 unspecified atom stereocenters. The average molecular weight is 314 g/mol. The Balaban J connectivity index is 1.65. The highest BCUT2D eigenvalue weighted by molar-refractivity contribution is 7.91. The first-order valence-electron chi connectivity index (χ1n) is 8.71. The van der Waals surface area contributed by atoms with E-state index in [0.717, 1.165) is 32.5 Å². The lowest BCUT2D eigenvalue weighted by Gasteiger charge is -2.50. The Morgan fingerprint density at radius 2 is 2.00 bits per heavy atom. The maximum Gasteiger partial charge on any atom is 0.150 e. The predicted molar refractivity (Wildman–Crippen MR) is 86.2 cm³/mol.